The van der Waals surface area contributed by atoms with E-state index in [1.165, 1.54) is 12.1 Å². The van der Waals surface area contributed by atoms with Crippen molar-refractivity contribution in [2.75, 3.05) is 13.4 Å². The van der Waals surface area contributed by atoms with E-state index in [0.717, 1.165) is 6.07 Å². The van der Waals surface area contributed by atoms with Crippen LogP contribution in [-0.2, 0) is 4.74 Å². The van der Waals surface area contributed by atoms with Crippen LogP contribution in [0, 0.1) is 0 Å². The van der Waals surface area contributed by atoms with Crippen molar-refractivity contribution < 1.29 is 29.3 Å². The Labute approximate surface area is 103 Å². The van der Waals surface area contributed by atoms with Crippen LogP contribution < -0.4 is 4.74 Å². The van der Waals surface area contributed by atoms with Gasteiger partial charge in [-0.1, -0.05) is 6.08 Å². The van der Waals surface area contributed by atoms with E-state index < -0.39 is 11.9 Å². The number of ether oxygens (including phenoxy) is 2. The van der Waals surface area contributed by atoms with Crippen LogP contribution >= 0.6 is 0 Å². The summed E-state index contributed by atoms with van der Waals surface area (Å²) >= 11 is 0. The lowest BCUT2D eigenvalue weighted by molar-refractivity contribution is 0.0305. The third-order valence-corrected chi connectivity index (χ3v) is 2.00. The molecule has 0 aromatic heterocycles. The first kappa shape index (κ1) is 13.7. The van der Waals surface area contributed by atoms with Crippen molar-refractivity contribution in [1.29, 1.82) is 0 Å². The smallest absolute Gasteiger partial charge is 0.336 e. The lowest BCUT2D eigenvalue weighted by Crippen LogP contribution is -2.09. The van der Waals surface area contributed by atoms with E-state index in [9.17, 15) is 9.59 Å². The number of carbonyl (C=O) groups is 2. The molecule has 0 heterocycles. The number of benzene rings is 1. The molecule has 96 valence electrons. The zero-order chi connectivity index (χ0) is 13.5. The Bertz CT molecular complexity index is 466. The van der Waals surface area contributed by atoms with E-state index in [0.29, 0.717) is 6.61 Å². The predicted molar refractivity (Wildman–Crippen MR) is 62.0 cm³/mol. The first-order chi connectivity index (χ1) is 8.56. The van der Waals surface area contributed by atoms with Crippen LogP contribution in [0.5, 0.6) is 5.75 Å². The van der Waals surface area contributed by atoms with Crippen molar-refractivity contribution in [1.82, 2.24) is 0 Å². The normalized spacial score (nSPS) is 9.78. The van der Waals surface area contributed by atoms with Gasteiger partial charge in [0.25, 0.3) is 0 Å². The molecule has 0 saturated carbocycles. The van der Waals surface area contributed by atoms with Gasteiger partial charge < -0.3 is 19.7 Å². The van der Waals surface area contributed by atoms with Crippen LogP contribution in [0.4, 0.5) is 0 Å². The van der Waals surface area contributed by atoms with Crippen molar-refractivity contribution in [3.05, 3.63) is 42.0 Å². The molecule has 0 bridgehead atoms. The van der Waals surface area contributed by atoms with Crippen LogP contribution in [0.25, 0.3) is 0 Å². The quantitative estimate of drug-likeness (QED) is 0.435. The van der Waals surface area contributed by atoms with Gasteiger partial charge in [0.1, 0.15) is 5.75 Å². The third-order valence-electron chi connectivity index (χ3n) is 2.00. The van der Waals surface area contributed by atoms with Gasteiger partial charge in [-0.05, 0) is 18.2 Å². The molecule has 1 rings (SSSR count). The molecule has 0 radical (unpaired) electrons. The topological polar surface area (TPSA) is 93.1 Å². The molecular weight excluding hydrogens is 240 g/mol. The highest BCUT2D eigenvalue weighted by atomic mass is 16.7. The molecule has 18 heavy (non-hydrogen) atoms. The maximum Gasteiger partial charge on any atom is 0.336 e. The number of hydrogen-bond acceptors (Lipinski definition) is 4. The zero-order valence-corrected chi connectivity index (χ0v) is 9.46. The average molecular weight is 252 g/mol. The predicted octanol–water partition coefficient (Wildman–Crippen LogP) is 1.62. The van der Waals surface area contributed by atoms with Gasteiger partial charge in [-0.25, -0.2) is 9.59 Å². The molecule has 0 aliphatic heterocycles. The minimum atomic E-state index is -1.33. The second-order valence-electron chi connectivity index (χ2n) is 3.24. The average Bonchev–Trinajstić information content (AvgIpc) is 2.34. The van der Waals surface area contributed by atoms with E-state index in [2.05, 4.69) is 6.58 Å². The maximum atomic E-state index is 10.9. The molecule has 0 atom stereocenters. The molecule has 2 N–H and O–H groups in total. The molecule has 0 aliphatic carbocycles. The van der Waals surface area contributed by atoms with Crippen molar-refractivity contribution in [3.63, 3.8) is 0 Å². The van der Waals surface area contributed by atoms with E-state index in [1.54, 1.807) is 6.08 Å². The Balaban J connectivity index is 2.83. The number of carboxylic acids is 2. The van der Waals surface area contributed by atoms with Crippen LogP contribution in [0.1, 0.15) is 20.7 Å². The lowest BCUT2D eigenvalue weighted by atomic mass is 10.1. The molecule has 0 amide bonds. The fraction of sp³-hybridized carbons (Fsp3) is 0.167. The highest BCUT2D eigenvalue weighted by Gasteiger charge is 2.16. The van der Waals surface area contributed by atoms with Gasteiger partial charge in [0.15, 0.2) is 6.79 Å². The molecule has 0 aliphatic rings. The second-order valence-corrected chi connectivity index (χ2v) is 3.24. The summed E-state index contributed by atoms with van der Waals surface area (Å²) in [5.74, 6) is -2.41. The fourth-order valence-electron chi connectivity index (χ4n) is 1.22. The zero-order valence-electron chi connectivity index (χ0n) is 9.46. The van der Waals surface area contributed by atoms with Gasteiger partial charge in [0, 0.05) is 0 Å². The van der Waals surface area contributed by atoms with E-state index in [1.807, 2.05) is 0 Å². The van der Waals surface area contributed by atoms with E-state index >= 15 is 0 Å². The molecule has 0 unspecified atom stereocenters. The van der Waals surface area contributed by atoms with Gasteiger partial charge >= 0.3 is 11.9 Å². The SMILES string of the molecule is C=CCOCOc1ccc(C(=O)O)c(C(=O)O)c1. The van der Waals surface area contributed by atoms with Crippen LogP contribution in [0.15, 0.2) is 30.9 Å². The van der Waals surface area contributed by atoms with Gasteiger partial charge in [0.2, 0.25) is 0 Å². The van der Waals surface area contributed by atoms with E-state index in [4.69, 9.17) is 19.7 Å². The molecule has 0 spiro atoms. The van der Waals surface area contributed by atoms with Gasteiger partial charge in [-0.3, -0.25) is 0 Å². The van der Waals surface area contributed by atoms with Gasteiger partial charge in [-0.2, -0.15) is 0 Å². The third kappa shape index (κ3) is 3.60. The molecule has 6 heteroatoms. The summed E-state index contributed by atoms with van der Waals surface area (Å²) < 4.78 is 10.1. The van der Waals surface area contributed by atoms with Crippen molar-refractivity contribution in [3.8, 4) is 5.75 Å². The first-order valence-electron chi connectivity index (χ1n) is 4.98. The van der Waals surface area contributed by atoms with Crippen LogP contribution in [0.2, 0.25) is 0 Å². The van der Waals surface area contributed by atoms with E-state index in [-0.39, 0.29) is 23.7 Å². The molecule has 6 nitrogen and oxygen atoms in total. The Morgan fingerprint density at radius 1 is 1.22 bits per heavy atom. The number of carboxylic acid groups (broad SMARTS) is 2. The maximum absolute atomic E-state index is 10.9. The second kappa shape index (κ2) is 6.41. The summed E-state index contributed by atoms with van der Waals surface area (Å²) in [4.78, 5) is 21.7. The summed E-state index contributed by atoms with van der Waals surface area (Å²) in [6, 6.07) is 3.69. The summed E-state index contributed by atoms with van der Waals surface area (Å²) in [5, 5.41) is 17.7. The van der Waals surface area contributed by atoms with Crippen molar-refractivity contribution in [2.45, 2.75) is 0 Å². The molecule has 0 fully saturated rings. The molecular formula is C12H12O6. The summed E-state index contributed by atoms with van der Waals surface area (Å²) in [5.41, 5.74) is -0.620. The first-order valence-corrected chi connectivity index (χ1v) is 4.98. The Hall–Kier alpha value is -2.34. The van der Waals surface area contributed by atoms with Crippen LogP contribution in [0.3, 0.4) is 0 Å². The number of aromatic carboxylic acids is 2. The largest absolute Gasteiger partial charge is 0.478 e. The van der Waals surface area contributed by atoms with Crippen molar-refractivity contribution in [2.24, 2.45) is 0 Å². The standard InChI is InChI=1S/C12H12O6/c1-2-5-17-7-18-8-3-4-9(11(13)14)10(6-8)12(15)16/h2-4,6H,1,5,7H2,(H,13,14)(H,15,16). The summed E-state index contributed by atoms with van der Waals surface area (Å²) in [6.07, 6.45) is 1.54. The minimum absolute atomic E-state index is 0.0719. The highest BCUT2D eigenvalue weighted by molar-refractivity contribution is 6.01. The van der Waals surface area contributed by atoms with Gasteiger partial charge in [0.05, 0.1) is 17.7 Å². The monoisotopic (exact) mass is 252 g/mol. The summed E-state index contributed by atoms with van der Waals surface area (Å²) in [6.45, 7) is 3.68. The molecule has 1 aromatic rings. The summed E-state index contributed by atoms with van der Waals surface area (Å²) in [7, 11) is 0. The number of rotatable bonds is 7. The number of hydrogen-bond donors (Lipinski definition) is 2. The highest BCUT2D eigenvalue weighted by Crippen LogP contribution is 2.18. The Morgan fingerprint density at radius 3 is 2.44 bits per heavy atom. The Morgan fingerprint density at radius 2 is 1.89 bits per heavy atom. The fourth-order valence-corrected chi connectivity index (χ4v) is 1.22. The molecule has 1 aromatic carbocycles. The Kier molecular flexibility index (Phi) is 4.89. The lowest BCUT2D eigenvalue weighted by Gasteiger charge is -2.08. The minimum Gasteiger partial charge on any atom is -0.478 e. The van der Waals surface area contributed by atoms with Crippen molar-refractivity contribution >= 4 is 11.9 Å². The molecule has 0 saturated heterocycles. The van der Waals surface area contributed by atoms with Gasteiger partial charge in [-0.15, -0.1) is 6.58 Å². The van der Waals surface area contributed by atoms with Crippen LogP contribution in [-0.4, -0.2) is 35.6 Å².